The van der Waals surface area contributed by atoms with Crippen LogP contribution in [0.5, 0.6) is 0 Å². The Bertz CT molecular complexity index is 900. The number of hydrogen-bond donors (Lipinski definition) is 0. The smallest absolute Gasteiger partial charge is 0.306 e. The molecule has 0 rings (SSSR count). The number of rotatable bonds is 47. The zero-order valence-corrected chi connectivity index (χ0v) is 39.1. The zero-order chi connectivity index (χ0) is 42.3. The van der Waals surface area contributed by atoms with Gasteiger partial charge in [0.1, 0.15) is 13.2 Å². The first-order valence-electron chi connectivity index (χ1n) is 25.7. The first kappa shape index (κ1) is 56.1. The highest BCUT2D eigenvalue weighted by molar-refractivity contribution is 5.71. The van der Waals surface area contributed by atoms with Crippen LogP contribution in [0.2, 0.25) is 0 Å². The monoisotopic (exact) mass is 819 g/mol. The van der Waals surface area contributed by atoms with E-state index in [2.05, 4.69) is 32.9 Å². The molecule has 0 radical (unpaired) electrons. The van der Waals surface area contributed by atoms with Gasteiger partial charge in [0.15, 0.2) is 6.10 Å². The Balaban J connectivity index is 4.11. The molecule has 0 aliphatic carbocycles. The largest absolute Gasteiger partial charge is 0.462 e. The maximum Gasteiger partial charge on any atom is 0.306 e. The third kappa shape index (κ3) is 45.2. The van der Waals surface area contributed by atoms with Crippen LogP contribution in [0, 0.1) is 0 Å². The molecule has 1 atom stereocenters. The van der Waals surface area contributed by atoms with E-state index in [0.29, 0.717) is 19.3 Å². The topological polar surface area (TPSA) is 78.9 Å². The van der Waals surface area contributed by atoms with E-state index >= 15 is 0 Å². The van der Waals surface area contributed by atoms with Crippen LogP contribution in [-0.4, -0.2) is 37.2 Å². The van der Waals surface area contributed by atoms with Gasteiger partial charge in [-0.15, -0.1) is 0 Å². The zero-order valence-electron chi connectivity index (χ0n) is 39.1. The molecule has 6 nitrogen and oxygen atoms in total. The van der Waals surface area contributed by atoms with Gasteiger partial charge < -0.3 is 14.2 Å². The first-order valence-corrected chi connectivity index (χ1v) is 25.7. The molecule has 0 bridgehead atoms. The Morgan fingerprint density at radius 2 is 0.569 bits per heavy atom. The van der Waals surface area contributed by atoms with Crippen LogP contribution >= 0.6 is 0 Å². The molecular weight excluding hydrogens is 721 g/mol. The summed E-state index contributed by atoms with van der Waals surface area (Å²) in [7, 11) is 0. The quantitative estimate of drug-likeness (QED) is 0.0263. The molecule has 0 aromatic heterocycles. The van der Waals surface area contributed by atoms with E-state index in [4.69, 9.17) is 14.2 Å². The minimum atomic E-state index is -0.765. The van der Waals surface area contributed by atoms with Crippen molar-refractivity contribution < 1.29 is 28.6 Å². The van der Waals surface area contributed by atoms with Gasteiger partial charge in [0.05, 0.1) is 0 Å². The molecule has 0 N–H and O–H groups in total. The van der Waals surface area contributed by atoms with E-state index in [1.807, 2.05) is 0 Å². The van der Waals surface area contributed by atoms with Crippen LogP contribution < -0.4 is 0 Å². The van der Waals surface area contributed by atoms with E-state index in [0.717, 1.165) is 64.2 Å². The molecule has 0 saturated carbocycles. The van der Waals surface area contributed by atoms with Gasteiger partial charge in [-0.05, 0) is 44.9 Å². The Morgan fingerprint density at radius 3 is 0.879 bits per heavy atom. The summed E-state index contributed by atoms with van der Waals surface area (Å²) < 4.78 is 16.7. The lowest BCUT2D eigenvalue weighted by atomic mass is 10.0. The second-order valence-electron chi connectivity index (χ2n) is 17.4. The van der Waals surface area contributed by atoms with E-state index < -0.39 is 6.10 Å². The number of carbonyl (C=O) groups excluding carboxylic acids is 3. The molecule has 0 aliphatic rings. The van der Waals surface area contributed by atoms with Crippen molar-refractivity contribution in [1.82, 2.24) is 0 Å². The summed E-state index contributed by atoms with van der Waals surface area (Å²) in [5, 5.41) is 0. The van der Waals surface area contributed by atoms with Crippen molar-refractivity contribution in [3.63, 3.8) is 0 Å². The number of unbranched alkanes of at least 4 members (excludes halogenated alkanes) is 34. The normalized spacial score (nSPS) is 12.0. The van der Waals surface area contributed by atoms with Crippen LogP contribution in [0.4, 0.5) is 0 Å². The SMILES string of the molecule is CCCCCC/C=C\CCCCCCCC(=O)OC(COC(=O)CCCCCCCC)COC(=O)CCCCCCCCCCCCCCCCCCCCCCC. The highest BCUT2D eigenvalue weighted by atomic mass is 16.6. The molecule has 0 aromatic rings. The fourth-order valence-electron chi connectivity index (χ4n) is 7.61. The van der Waals surface area contributed by atoms with E-state index in [9.17, 15) is 14.4 Å². The van der Waals surface area contributed by atoms with E-state index in [1.54, 1.807) is 0 Å². The third-order valence-corrected chi connectivity index (χ3v) is 11.5. The summed E-state index contributed by atoms with van der Waals surface area (Å²) in [5.74, 6) is -0.874. The van der Waals surface area contributed by atoms with E-state index in [-0.39, 0.29) is 31.1 Å². The molecule has 0 aromatic carbocycles. The standard InChI is InChI=1S/C52H98O6/c1-4-7-10-13-16-18-20-22-23-24-25-26-27-28-29-31-32-34-36-39-42-45-51(54)57-48-49(47-56-50(53)44-41-38-15-12-9-6-3)58-52(55)46-43-40-37-35-33-30-21-19-17-14-11-8-5-2/h19,21,49H,4-18,20,22-48H2,1-3H3/b21-19-. The van der Waals surface area contributed by atoms with Crippen LogP contribution in [0.3, 0.4) is 0 Å². The van der Waals surface area contributed by atoms with Crippen LogP contribution in [0.1, 0.15) is 284 Å². The lowest BCUT2D eigenvalue weighted by Gasteiger charge is -2.18. The number of esters is 3. The van der Waals surface area contributed by atoms with Crippen molar-refractivity contribution in [3.05, 3.63) is 12.2 Å². The van der Waals surface area contributed by atoms with Crippen molar-refractivity contribution in [2.45, 2.75) is 290 Å². The van der Waals surface area contributed by atoms with Crippen LogP contribution in [0.25, 0.3) is 0 Å². The van der Waals surface area contributed by atoms with Crippen LogP contribution in [-0.2, 0) is 28.6 Å². The first-order chi connectivity index (χ1) is 28.5. The average Bonchev–Trinajstić information content (AvgIpc) is 3.22. The predicted molar refractivity (Wildman–Crippen MR) is 247 cm³/mol. The average molecular weight is 819 g/mol. The van der Waals surface area contributed by atoms with Crippen molar-refractivity contribution in [1.29, 1.82) is 0 Å². The summed E-state index contributed by atoms with van der Waals surface area (Å²) in [5.41, 5.74) is 0. The Morgan fingerprint density at radius 1 is 0.328 bits per heavy atom. The maximum absolute atomic E-state index is 12.7. The highest BCUT2D eigenvalue weighted by Crippen LogP contribution is 2.16. The number of allylic oxidation sites excluding steroid dienone is 2. The van der Waals surface area contributed by atoms with Crippen molar-refractivity contribution in [2.24, 2.45) is 0 Å². The Kier molecular flexibility index (Phi) is 46.3. The molecule has 6 heteroatoms. The minimum Gasteiger partial charge on any atom is -0.462 e. The molecule has 342 valence electrons. The van der Waals surface area contributed by atoms with Gasteiger partial charge in [0, 0.05) is 19.3 Å². The molecule has 0 aliphatic heterocycles. The molecule has 0 heterocycles. The Hall–Kier alpha value is -1.85. The maximum atomic E-state index is 12.7. The van der Waals surface area contributed by atoms with Crippen LogP contribution in [0.15, 0.2) is 12.2 Å². The third-order valence-electron chi connectivity index (χ3n) is 11.5. The van der Waals surface area contributed by atoms with Crippen molar-refractivity contribution in [3.8, 4) is 0 Å². The van der Waals surface area contributed by atoms with Gasteiger partial charge in [-0.25, -0.2) is 0 Å². The second kappa shape index (κ2) is 47.8. The summed E-state index contributed by atoms with van der Waals surface area (Å²) in [6.07, 6.45) is 52.3. The predicted octanol–water partition coefficient (Wildman–Crippen LogP) is 16.6. The lowest BCUT2D eigenvalue weighted by Crippen LogP contribution is -2.30. The molecule has 58 heavy (non-hydrogen) atoms. The van der Waals surface area contributed by atoms with Gasteiger partial charge in [-0.2, -0.15) is 0 Å². The summed E-state index contributed by atoms with van der Waals surface area (Å²) in [4.78, 5) is 37.7. The fraction of sp³-hybridized carbons (Fsp3) is 0.904. The lowest BCUT2D eigenvalue weighted by molar-refractivity contribution is -0.167. The molecule has 0 amide bonds. The molecule has 1 unspecified atom stereocenters. The summed E-state index contributed by atoms with van der Waals surface area (Å²) in [6.45, 7) is 6.59. The van der Waals surface area contributed by atoms with Gasteiger partial charge in [-0.3, -0.25) is 14.4 Å². The van der Waals surface area contributed by atoms with Gasteiger partial charge in [-0.1, -0.05) is 232 Å². The van der Waals surface area contributed by atoms with Gasteiger partial charge in [0.25, 0.3) is 0 Å². The van der Waals surface area contributed by atoms with E-state index in [1.165, 1.54) is 180 Å². The molecule has 0 spiro atoms. The minimum absolute atomic E-state index is 0.0692. The second-order valence-corrected chi connectivity index (χ2v) is 17.4. The Labute approximate surface area is 360 Å². The molecule has 0 saturated heterocycles. The van der Waals surface area contributed by atoms with Crippen molar-refractivity contribution in [2.75, 3.05) is 13.2 Å². The number of carbonyl (C=O) groups is 3. The van der Waals surface area contributed by atoms with Gasteiger partial charge >= 0.3 is 17.9 Å². The molecule has 0 fully saturated rings. The number of ether oxygens (including phenoxy) is 3. The van der Waals surface area contributed by atoms with Crippen molar-refractivity contribution >= 4 is 17.9 Å². The summed E-state index contributed by atoms with van der Waals surface area (Å²) in [6, 6.07) is 0. The van der Waals surface area contributed by atoms with Gasteiger partial charge in [0.2, 0.25) is 0 Å². The molecular formula is C52H98O6. The fourth-order valence-corrected chi connectivity index (χ4v) is 7.61. The summed E-state index contributed by atoms with van der Waals surface area (Å²) >= 11 is 0. The highest BCUT2D eigenvalue weighted by Gasteiger charge is 2.19. The number of hydrogen-bond acceptors (Lipinski definition) is 6.